The lowest BCUT2D eigenvalue weighted by atomic mass is 10.2. The summed E-state index contributed by atoms with van der Waals surface area (Å²) in [5.74, 6) is 0. The maximum Gasteiger partial charge on any atom is 0.0222 e. The van der Waals surface area contributed by atoms with Crippen LogP contribution in [0.15, 0.2) is 11.1 Å². The van der Waals surface area contributed by atoms with Gasteiger partial charge in [-0.05, 0) is 31.9 Å². The summed E-state index contributed by atoms with van der Waals surface area (Å²) in [6.07, 6.45) is 2.52. The highest BCUT2D eigenvalue weighted by Gasteiger charge is 2.22. The Morgan fingerprint density at radius 2 is 2.50 bits per heavy atom. The molecule has 3 heteroatoms. The minimum absolute atomic E-state index is 0.580. The van der Waals surface area contributed by atoms with Crippen LogP contribution in [0.1, 0.15) is 19.8 Å². The lowest BCUT2D eigenvalue weighted by Gasteiger charge is -2.22. The summed E-state index contributed by atoms with van der Waals surface area (Å²) in [7, 11) is 0. The second-order valence-electron chi connectivity index (χ2n) is 3.46. The molecule has 0 spiro atoms. The fraction of sp³-hybridized carbons (Fsp3) is 0.778. The second kappa shape index (κ2) is 4.85. The molecule has 70 valence electrons. The lowest BCUT2D eigenvalue weighted by molar-refractivity contribution is 0.280. The van der Waals surface area contributed by atoms with E-state index < -0.39 is 0 Å². The molecule has 12 heavy (non-hydrogen) atoms. The standard InChI is InChI=1S/C9H17ClN2/c1-8(5-10)7-12-4-2-3-9(12)6-11/h5,9H,2-4,6-7,11H2,1H3. The van der Waals surface area contributed by atoms with E-state index in [2.05, 4.69) is 11.8 Å². The van der Waals surface area contributed by atoms with Crippen molar-refractivity contribution in [3.05, 3.63) is 11.1 Å². The SMILES string of the molecule is CC(=CCl)CN1CCCC1CN. The predicted molar refractivity (Wildman–Crippen MR) is 53.3 cm³/mol. The molecule has 0 aromatic carbocycles. The second-order valence-corrected chi connectivity index (χ2v) is 3.68. The summed E-state index contributed by atoms with van der Waals surface area (Å²) in [4.78, 5) is 2.41. The molecule has 0 aromatic heterocycles. The van der Waals surface area contributed by atoms with Crippen molar-refractivity contribution in [1.82, 2.24) is 4.90 Å². The van der Waals surface area contributed by atoms with Gasteiger partial charge in [0, 0.05) is 24.7 Å². The molecule has 1 rings (SSSR count). The number of hydrogen-bond acceptors (Lipinski definition) is 2. The van der Waals surface area contributed by atoms with Gasteiger partial charge in [0.1, 0.15) is 0 Å². The van der Waals surface area contributed by atoms with Crippen LogP contribution in [0, 0.1) is 0 Å². The summed E-state index contributed by atoms with van der Waals surface area (Å²) >= 11 is 5.60. The molecule has 0 bridgehead atoms. The third-order valence-corrected chi connectivity index (χ3v) is 2.78. The average Bonchev–Trinajstić information content (AvgIpc) is 2.51. The van der Waals surface area contributed by atoms with Gasteiger partial charge in [-0.3, -0.25) is 4.90 Å². The van der Waals surface area contributed by atoms with E-state index in [1.54, 1.807) is 5.54 Å². The molecule has 1 fully saturated rings. The fourth-order valence-electron chi connectivity index (χ4n) is 1.73. The Bertz CT molecular complexity index is 168. The monoisotopic (exact) mass is 188 g/mol. The maximum atomic E-state index is 5.65. The highest BCUT2D eigenvalue weighted by atomic mass is 35.5. The van der Waals surface area contributed by atoms with Crippen LogP contribution in [0.5, 0.6) is 0 Å². The molecule has 1 unspecified atom stereocenters. The largest absolute Gasteiger partial charge is 0.329 e. The van der Waals surface area contributed by atoms with Gasteiger partial charge >= 0.3 is 0 Å². The van der Waals surface area contributed by atoms with Crippen LogP contribution in [0.4, 0.5) is 0 Å². The molecule has 1 heterocycles. The number of rotatable bonds is 3. The minimum atomic E-state index is 0.580. The number of halogens is 1. The first-order chi connectivity index (χ1) is 5.77. The smallest absolute Gasteiger partial charge is 0.0222 e. The molecule has 2 nitrogen and oxygen atoms in total. The van der Waals surface area contributed by atoms with E-state index in [9.17, 15) is 0 Å². The third kappa shape index (κ3) is 2.47. The van der Waals surface area contributed by atoms with Gasteiger partial charge in [0.25, 0.3) is 0 Å². The van der Waals surface area contributed by atoms with Gasteiger partial charge in [-0.15, -0.1) is 0 Å². The average molecular weight is 189 g/mol. The highest BCUT2D eigenvalue weighted by Crippen LogP contribution is 2.17. The van der Waals surface area contributed by atoms with Crippen molar-refractivity contribution < 1.29 is 0 Å². The number of nitrogens with zero attached hydrogens (tertiary/aromatic N) is 1. The summed E-state index contributed by atoms with van der Waals surface area (Å²) in [6.45, 7) is 4.98. The molecule has 0 radical (unpaired) electrons. The zero-order valence-corrected chi connectivity index (χ0v) is 8.35. The Balaban J connectivity index is 2.40. The third-order valence-electron chi connectivity index (χ3n) is 2.41. The first-order valence-corrected chi connectivity index (χ1v) is 4.91. The quantitative estimate of drug-likeness (QED) is 0.729. The molecular formula is C9H17ClN2. The first-order valence-electron chi connectivity index (χ1n) is 4.48. The minimum Gasteiger partial charge on any atom is -0.329 e. The van der Waals surface area contributed by atoms with Crippen LogP contribution in [0.2, 0.25) is 0 Å². The predicted octanol–water partition coefficient (Wildman–Crippen LogP) is 1.55. The van der Waals surface area contributed by atoms with Gasteiger partial charge in [0.2, 0.25) is 0 Å². The Labute approximate surface area is 79.4 Å². The van der Waals surface area contributed by atoms with E-state index in [-0.39, 0.29) is 0 Å². The van der Waals surface area contributed by atoms with Crippen molar-refractivity contribution >= 4 is 11.6 Å². The van der Waals surface area contributed by atoms with Crippen LogP contribution in [-0.4, -0.2) is 30.6 Å². The van der Waals surface area contributed by atoms with Crippen molar-refractivity contribution in [2.75, 3.05) is 19.6 Å². The van der Waals surface area contributed by atoms with E-state index in [0.29, 0.717) is 6.04 Å². The van der Waals surface area contributed by atoms with Gasteiger partial charge < -0.3 is 5.73 Å². The Morgan fingerprint density at radius 1 is 1.75 bits per heavy atom. The molecule has 1 atom stereocenters. The van der Waals surface area contributed by atoms with Crippen LogP contribution < -0.4 is 5.73 Å². The molecule has 0 aromatic rings. The van der Waals surface area contributed by atoms with Crippen LogP contribution in [0.3, 0.4) is 0 Å². The van der Waals surface area contributed by atoms with Crippen LogP contribution in [-0.2, 0) is 0 Å². The summed E-state index contributed by atoms with van der Waals surface area (Å²) in [6, 6.07) is 0.580. The van der Waals surface area contributed by atoms with Gasteiger partial charge in [-0.25, -0.2) is 0 Å². The van der Waals surface area contributed by atoms with E-state index in [1.807, 2.05) is 0 Å². The molecule has 2 N–H and O–H groups in total. The van der Waals surface area contributed by atoms with Crippen LogP contribution >= 0.6 is 11.6 Å². The van der Waals surface area contributed by atoms with Crippen molar-refractivity contribution in [1.29, 1.82) is 0 Å². The number of hydrogen-bond donors (Lipinski definition) is 1. The maximum absolute atomic E-state index is 5.65. The fourth-order valence-corrected chi connectivity index (χ4v) is 1.79. The Kier molecular flexibility index (Phi) is 4.06. The first kappa shape index (κ1) is 10.0. The summed E-state index contributed by atoms with van der Waals surface area (Å²) in [5.41, 5.74) is 8.53. The van der Waals surface area contributed by atoms with Gasteiger partial charge in [-0.2, -0.15) is 0 Å². The van der Waals surface area contributed by atoms with Crippen molar-refractivity contribution in [3.8, 4) is 0 Å². The lowest BCUT2D eigenvalue weighted by Crippen LogP contribution is -2.36. The molecule has 0 saturated carbocycles. The topological polar surface area (TPSA) is 29.3 Å². The van der Waals surface area contributed by atoms with Crippen molar-refractivity contribution in [3.63, 3.8) is 0 Å². The van der Waals surface area contributed by atoms with Crippen LogP contribution in [0.25, 0.3) is 0 Å². The molecule has 0 amide bonds. The molecule has 1 saturated heterocycles. The molecule has 0 aliphatic carbocycles. The summed E-state index contributed by atoms with van der Waals surface area (Å²) in [5, 5.41) is 0. The zero-order valence-electron chi connectivity index (χ0n) is 7.59. The van der Waals surface area contributed by atoms with E-state index in [0.717, 1.165) is 13.1 Å². The Hall–Kier alpha value is -0.0500. The van der Waals surface area contributed by atoms with E-state index in [1.165, 1.54) is 25.0 Å². The molecule has 1 aliphatic heterocycles. The van der Waals surface area contributed by atoms with Crippen molar-refractivity contribution in [2.45, 2.75) is 25.8 Å². The number of likely N-dealkylation sites (tertiary alicyclic amines) is 1. The van der Waals surface area contributed by atoms with E-state index >= 15 is 0 Å². The molecular weight excluding hydrogens is 172 g/mol. The zero-order chi connectivity index (χ0) is 8.97. The number of nitrogens with two attached hydrogens (primary N) is 1. The van der Waals surface area contributed by atoms with Gasteiger partial charge in [-0.1, -0.05) is 11.6 Å². The van der Waals surface area contributed by atoms with Gasteiger partial charge in [0.15, 0.2) is 0 Å². The summed E-state index contributed by atoms with van der Waals surface area (Å²) < 4.78 is 0. The Morgan fingerprint density at radius 3 is 3.08 bits per heavy atom. The highest BCUT2D eigenvalue weighted by molar-refractivity contribution is 6.25. The van der Waals surface area contributed by atoms with E-state index in [4.69, 9.17) is 17.3 Å². The van der Waals surface area contributed by atoms with Gasteiger partial charge in [0.05, 0.1) is 0 Å². The molecule has 1 aliphatic rings. The normalized spacial score (nSPS) is 26.6. The van der Waals surface area contributed by atoms with Crippen molar-refractivity contribution in [2.24, 2.45) is 5.73 Å².